The average molecular weight is 382 g/mol. The van der Waals surface area contributed by atoms with Gasteiger partial charge in [-0.25, -0.2) is 8.78 Å². The molecule has 1 aliphatic heterocycles. The summed E-state index contributed by atoms with van der Waals surface area (Å²) in [6.45, 7) is 0.543. The highest BCUT2D eigenvalue weighted by Gasteiger charge is 2.30. The molecule has 138 valence electrons. The molecule has 2 aromatic rings. The molecule has 26 heavy (non-hydrogen) atoms. The molecule has 1 aliphatic rings. The van der Waals surface area contributed by atoms with Gasteiger partial charge in [-0.05, 0) is 29.8 Å². The fourth-order valence-corrected chi connectivity index (χ4v) is 3.09. The first-order chi connectivity index (χ1) is 12.5. The summed E-state index contributed by atoms with van der Waals surface area (Å²) in [7, 11) is 1.58. The summed E-state index contributed by atoms with van der Waals surface area (Å²) in [4.78, 5) is 13.6. The Bertz CT molecular complexity index is 775. The Morgan fingerprint density at radius 1 is 1.19 bits per heavy atom. The van der Waals surface area contributed by atoms with Gasteiger partial charge in [0.15, 0.2) is 17.4 Å². The van der Waals surface area contributed by atoms with Crippen LogP contribution < -0.4 is 9.64 Å². The van der Waals surface area contributed by atoms with Gasteiger partial charge in [0.05, 0.1) is 20.3 Å². The van der Waals surface area contributed by atoms with Crippen LogP contribution >= 0.6 is 11.6 Å². The van der Waals surface area contributed by atoms with Crippen molar-refractivity contribution in [1.29, 1.82) is 0 Å². The van der Waals surface area contributed by atoms with Gasteiger partial charge in [-0.15, -0.1) is 0 Å². The van der Waals surface area contributed by atoms with E-state index in [0.717, 1.165) is 23.4 Å². The van der Waals surface area contributed by atoms with E-state index < -0.39 is 17.7 Å². The lowest BCUT2D eigenvalue weighted by Gasteiger charge is -2.33. The van der Waals surface area contributed by atoms with Gasteiger partial charge in [-0.2, -0.15) is 0 Å². The lowest BCUT2D eigenvalue weighted by molar-refractivity contribution is -0.132. The van der Waals surface area contributed by atoms with Crippen LogP contribution in [0.5, 0.6) is 5.75 Å². The SMILES string of the molecule is COc1ccc(CO[C@H]2CN(c3c(F)cc(Cl)cc3F)CCC2=O)cc1. The smallest absolute Gasteiger partial charge is 0.165 e. The summed E-state index contributed by atoms with van der Waals surface area (Å²) in [5, 5.41) is -0.0101. The molecule has 0 aliphatic carbocycles. The largest absolute Gasteiger partial charge is 0.497 e. The molecule has 1 heterocycles. The van der Waals surface area contributed by atoms with Gasteiger partial charge >= 0.3 is 0 Å². The minimum atomic E-state index is -0.752. The Morgan fingerprint density at radius 2 is 1.85 bits per heavy atom. The number of Topliss-reactive ketones (excluding diaryl/α,β-unsaturated/α-hetero) is 1. The quantitative estimate of drug-likeness (QED) is 0.785. The molecule has 7 heteroatoms. The Balaban J connectivity index is 1.69. The zero-order chi connectivity index (χ0) is 18.7. The Labute approximate surface area is 155 Å². The van der Waals surface area contributed by atoms with Crippen molar-refractivity contribution >= 4 is 23.1 Å². The van der Waals surface area contributed by atoms with Gasteiger partial charge < -0.3 is 14.4 Å². The molecule has 0 spiro atoms. The maximum Gasteiger partial charge on any atom is 0.165 e. The van der Waals surface area contributed by atoms with Crippen molar-refractivity contribution < 1.29 is 23.0 Å². The molecule has 0 saturated carbocycles. The Kier molecular flexibility index (Phi) is 5.74. The van der Waals surface area contributed by atoms with Gasteiger partial charge in [-0.3, -0.25) is 4.79 Å². The molecule has 0 amide bonds. The number of ether oxygens (including phenoxy) is 2. The third-order valence-corrected chi connectivity index (χ3v) is 4.50. The van der Waals surface area contributed by atoms with E-state index in [2.05, 4.69) is 0 Å². The first-order valence-electron chi connectivity index (χ1n) is 8.14. The number of hydrogen-bond donors (Lipinski definition) is 0. The lowest BCUT2D eigenvalue weighted by Crippen LogP contribution is -2.46. The maximum absolute atomic E-state index is 14.1. The van der Waals surface area contributed by atoms with E-state index in [0.29, 0.717) is 0 Å². The topological polar surface area (TPSA) is 38.8 Å². The van der Waals surface area contributed by atoms with Gasteiger partial charge in [0.2, 0.25) is 0 Å². The number of hydrogen-bond acceptors (Lipinski definition) is 4. The summed E-state index contributed by atoms with van der Waals surface area (Å²) in [5.74, 6) is -0.858. The fraction of sp³-hybridized carbons (Fsp3) is 0.316. The van der Waals surface area contributed by atoms with Crippen LogP contribution in [0.3, 0.4) is 0 Å². The second-order valence-corrected chi connectivity index (χ2v) is 6.46. The molecule has 0 unspecified atom stereocenters. The third-order valence-electron chi connectivity index (χ3n) is 4.28. The second-order valence-electron chi connectivity index (χ2n) is 6.03. The van der Waals surface area contributed by atoms with Gasteiger partial charge in [0.1, 0.15) is 17.5 Å². The molecular weight excluding hydrogens is 364 g/mol. The number of halogens is 3. The molecule has 0 aromatic heterocycles. The van der Waals surface area contributed by atoms with Crippen molar-refractivity contribution in [1.82, 2.24) is 0 Å². The number of piperidine rings is 1. The summed E-state index contributed by atoms with van der Waals surface area (Å²) in [6, 6.07) is 9.39. The highest BCUT2D eigenvalue weighted by Crippen LogP contribution is 2.29. The van der Waals surface area contributed by atoms with E-state index in [4.69, 9.17) is 21.1 Å². The van der Waals surface area contributed by atoms with Crippen molar-refractivity contribution in [3.63, 3.8) is 0 Å². The Hall–Kier alpha value is -2.18. The van der Waals surface area contributed by atoms with Gasteiger partial charge in [0, 0.05) is 18.0 Å². The minimum absolute atomic E-state index is 0.0101. The van der Waals surface area contributed by atoms with E-state index in [9.17, 15) is 13.6 Å². The number of carbonyl (C=O) groups excluding carboxylic acids is 1. The molecule has 1 saturated heterocycles. The number of anilines is 1. The van der Waals surface area contributed by atoms with Crippen LogP contribution in [0.4, 0.5) is 14.5 Å². The average Bonchev–Trinajstić information content (AvgIpc) is 2.61. The predicted molar refractivity (Wildman–Crippen MR) is 94.8 cm³/mol. The van der Waals surface area contributed by atoms with E-state index >= 15 is 0 Å². The molecule has 0 radical (unpaired) electrons. The molecule has 1 atom stereocenters. The molecular formula is C19H18ClF2NO3. The molecule has 0 N–H and O–H groups in total. The molecule has 1 fully saturated rings. The summed E-state index contributed by atoms with van der Waals surface area (Å²) in [5.41, 5.74) is 0.694. The van der Waals surface area contributed by atoms with Crippen LogP contribution in [0.15, 0.2) is 36.4 Å². The zero-order valence-corrected chi connectivity index (χ0v) is 14.9. The van der Waals surface area contributed by atoms with Crippen molar-refractivity contribution in [2.75, 3.05) is 25.1 Å². The normalized spacial score (nSPS) is 17.5. The number of benzene rings is 2. The zero-order valence-electron chi connectivity index (χ0n) is 14.2. The van der Waals surface area contributed by atoms with Crippen LogP contribution in [0.25, 0.3) is 0 Å². The third kappa shape index (κ3) is 4.14. The van der Waals surface area contributed by atoms with Gasteiger partial charge in [-0.1, -0.05) is 23.7 Å². The Morgan fingerprint density at radius 3 is 2.46 bits per heavy atom. The summed E-state index contributed by atoms with van der Waals surface area (Å²) >= 11 is 5.67. The standard InChI is InChI=1S/C19H18ClF2NO3/c1-25-14-4-2-12(3-5-14)11-26-18-10-23(7-6-17(18)24)19-15(21)8-13(20)9-16(19)22/h2-5,8-9,18H,6-7,10-11H2,1H3/t18-/m0/s1. The monoisotopic (exact) mass is 381 g/mol. The number of methoxy groups -OCH3 is 1. The molecule has 3 rings (SSSR count). The number of rotatable bonds is 5. The fourth-order valence-electron chi connectivity index (χ4n) is 2.90. The van der Waals surface area contributed by atoms with Crippen LogP contribution in [0, 0.1) is 11.6 Å². The van der Waals surface area contributed by atoms with Gasteiger partial charge in [0.25, 0.3) is 0 Å². The highest BCUT2D eigenvalue weighted by atomic mass is 35.5. The summed E-state index contributed by atoms with van der Waals surface area (Å²) in [6.07, 6.45) is -0.588. The lowest BCUT2D eigenvalue weighted by atomic mass is 10.1. The minimum Gasteiger partial charge on any atom is -0.497 e. The first kappa shape index (κ1) is 18.6. The highest BCUT2D eigenvalue weighted by molar-refractivity contribution is 6.30. The molecule has 4 nitrogen and oxygen atoms in total. The predicted octanol–water partition coefficient (Wildman–Crippen LogP) is 3.99. The van der Waals surface area contributed by atoms with Crippen molar-refractivity contribution in [2.45, 2.75) is 19.1 Å². The summed E-state index contributed by atoms with van der Waals surface area (Å²) < 4.78 is 39.1. The van der Waals surface area contributed by atoms with Crippen molar-refractivity contribution in [3.8, 4) is 5.75 Å². The second kappa shape index (κ2) is 8.01. The first-order valence-corrected chi connectivity index (χ1v) is 8.52. The van der Waals surface area contributed by atoms with Crippen LogP contribution in [-0.4, -0.2) is 32.1 Å². The van der Waals surface area contributed by atoms with E-state index in [1.807, 2.05) is 12.1 Å². The van der Waals surface area contributed by atoms with E-state index in [1.54, 1.807) is 19.2 Å². The van der Waals surface area contributed by atoms with E-state index in [1.165, 1.54) is 4.90 Å². The van der Waals surface area contributed by atoms with Crippen LogP contribution in [-0.2, 0) is 16.1 Å². The van der Waals surface area contributed by atoms with E-state index in [-0.39, 0.29) is 42.6 Å². The van der Waals surface area contributed by atoms with Crippen molar-refractivity contribution in [3.05, 3.63) is 58.6 Å². The molecule has 2 aromatic carbocycles. The molecule has 0 bridgehead atoms. The number of carbonyl (C=O) groups is 1. The van der Waals surface area contributed by atoms with Crippen molar-refractivity contribution in [2.24, 2.45) is 0 Å². The van der Waals surface area contributed by atoms with Crippen LogP contribution in [0.2, 0.25) is 5.02 Å². The number of nitrogens with zero attached hydrogens (tertiary/aromatic N) is 1. The van der Waals surface area contributed by atoms with Crippen LogP contribution in [0.1, 0.15) is 12.0 Å². The maximum atomic E-state index is 14.1. The number of ketones is 1.